The van der Waals surface area contributed by atoms with E-state index in [-0.39, 0.29) is 30.5 Å². The smallest absolute Gasteiger partial charge is 0.253 e. The molecule has 2 aliphatic carbocycles. The number of halogens is 3. The zero-order valence-electron chi connectivity index (χ0n) is 25.5. The highest BCUT2D eigenvalue weighted by Gasteiger charge is 2.52. The highest BCUT2D eigenvalue weighted by atomic mass is 35.5. The van der Waals surface area contributed by atoms with Gasteiger partial charge in [-0.25, -0.2) is 17.5 Å². The molecule has 1 aliphatic heterocycles. The maximum absolute atomic E-state index is 15.4. The Bertz CT molecular complexity index is 1890. The monoisotopic (exact) mass is 698 g/mol. The van der Waals surface area contributed by atoms with Crippen LogP contribution in [0.25, 0.3) is 0 Å². The van der Waals surface area contributed by atoms with Crippen LogP contribution >= 0.6 is 23.2 Å². The van der Waals surface area contributed by atoms with Crippen LogP contribution in [0.4, 0.5) is 10.1 Å². The standard InChI is InChI=1S/C33H33Cl2FN6O4S/c1-40-30(37-38-39-40)18-29-33(43)42(31(21-11-13-23(34)14-12-21)32(46-29)22-5-4-6-24(35)17-22)28(20-9-10-20)19-41(47(44,45)25-15-16-25)27-8-3-2-7-26(27)36/h2-8,11-14,17,20,25,28-29,31-32H,9-10,15-16,18-19H2,1H3. The van der Waals surface area contributed by atoms with Crippen molar-refractivity contribution in [3.63, 3.8) is 0 Å². The second-order valence-corrected chi connectivity index (χ2v) is 15.4. The van der Waals surface area contributed by atoms with Crippen molar-refractivity contribution in [1.29, 1.82) is 0 Å². The lowest BCUT2D eigenvalue weighted by atomic mass is 9.89. The molecular formula is C33H33Cl2FN6O4S. The number of nitrogens with zero attached hydrogens (tertiary/aromatic N) is 6. The first kappa shape index (κ1) is 32.0. The highest BCUT2D eigenvalue weighted by Crippen LogP contribution is 2.49. The van der Waals surface area contributed by atoms with E-state index in [0.717, 1.165) is 24.0 Å². The molecule has 0 radical (unpaired) electrons. The van der Waals surface area contributed by atoms with Crippen molar-refractivity contribution in [3.05, 3.63) is 106 Å². The summed E-state index contributed by atoms with van der Waals surface area (Å²) in [4.78, 5) is 16.6. The number of aromatic nitrogens is 4. The number of carbonyl (C=O) groups excluding carboxylic acids is 1. The number of benzene rings is 3. The van der Waals surface area contributed by atoms with Gasteiger partial charge in [-0.2, -0.15) is 0 Å². The summed E-state index contributed by atoms with van der Waals surface area (Å²) < 4.78 is 52.8. The molecule has 0 spiro atoms. The Morgan fingerprint density at radius 3 is 2.36 bits per heavy atom. The summed E-state index contributed by atoms with van der Waals surface area (Å²) in [6, 6.07) is 19.1. The van der Waals surface area contributed by atoms with Gasteiger partial charge in [-0.1, -0.05) is 59.6 Å². The molecule has 4 unspecified atom stereocenters. The van der Waals surface area contributed by atoms with Crippen LogP contribution in [0, 0.1) is 11.7 Å². The SMILES string of the molecule is Cn1nnnc1CC1OC(c2cccc(Cl)c2)C(c2ccc(Cl)cc2)N(C(CN(c2ccccc2F)S(=O)(=O)C2CC2)C2CC2)C1=O. The molecule has 3 aromatic carbocycles. The Hall–Kier alpha value is -3.58. The van der Waals surface area contributed by atoms with Crippen molar-refractivity contribution < 1.29 is 22.3 Å². The topological polar surface area (TPSA) is 111 Å². The zero-order valence-corrected chi connectivity index (χ0v) is 27.8. The van der Waals surface area contributed by atoms with Crippen LogP contribution in [0.15, 0.2) is 72.8 Å². The van der Waals surface area contributed by atoms with E-state index in [9.17, 15) is 13.2 Å². The minimum Gasteiger partial charge on any atom is -0.357 e. The lowest BCUT2D eigenvalue weighted by Gasteiger charge is -2.49. The number of anilines is 1. The number of amides is 1. The predicted octanol–water partition coefficient (Wildman–Crippen LogP) is 5.69. The third-order valence-corrected chi connectivity index (χ3v) is 11.9. The first-order chi connectivity index (χ1) is 22.6. The molecule has 2 heterocycles. The van der Waals surface area contributed by atoms with Gasteiger partial charge in [-0.3, -0.25) is 9.10 Å². The van der Waals surface area contributed by atoms with Crippen molar-refractivity contribution in [3.8, 4) is 0 Å². The van der Waals surface area contributed by atoms with E-state index in [4.69, 9.17) is 27.9 Å². The van der Waals surface area contributed by atoms with Crippen molar-refractivity contribution >= 4 is 44.8 Å². The van der Waals surface area contributed by atoms with Crippen LogP contribution in [0.5, 0.6) is 0 Å². The van der Waals surface area contributed by atoms with Crippen LogP contribution in [-0.2, 0) is 33.0 Å². The number of hydrogen-bond acceptors (Lipinski definition) is 7. The van der Waals surface area contributed by atoms with Gasteiger partial charge in [0.25, 0.3) is 5.91 Å². The molecular weight excluding hydrogens is 666 g/mol. The quantitative estimate of drug-likeness (QED) is 0.198. The number of sulfonamides is 1. The highest BCUT2D eigenvalue weighted by molar-refractivity contribution is 7.93. The number of aryl methyl sites for hydroxylation is 1. The minimum absolute atomic E-state index is 0.0207. The average molecular weight is 700 g/mol. The Labute approximate surface area is 282 Å². The first-order valence-electron chi connectivity index (χ1n) is 15.6. The average Bonchev–Trinajstić information content (AvgIpc) is 3.98. The summed E-state index contributed by atoms with van der Waals surface area (Å²) in [5.74, 6) is -0.545. The van der Waals surface area contributed by atoms with Crippen molar-refractivity contribution in [2.24, 2.45) is 13.0 Å². The van der Waals surface area contributed by atoms with Gasteiger partial charge in [-0.15, -0.1) is 5.10 Å². The lowest BCUT2D eigenvalue weighted by molar-refractivity contribution is -0.180. The maximum Gasteiger partial charge on any atom is 0.253 e. The summed E-state index contributed by atoms with van der Waals surface area (Å²) >= 11 is 12.8. The van der Waals surface area contributed by atoms with Gasteiger partial charge in [0.1, 0.15) is 18.0 Å². The zero-order chi connectivity index (χ0) is 32.9. The fourth-order valence-electron chi connectivity index (χ4n) is 6.44. The Kier molecular flexibility index (Phi) is 8.71. The molecule has 246 valence electrons. The van der Waals surface area contributed by atoms with Gasteiger partial charge in [0.15, 0.2) is 5.82 Å². The minimum atomic E-state index is -3.92. The van der Waals surface area contributed by atoms with Crippen LogP contribution in [-0.4, -0.2) is 63.4 Å². The van der Waals surface area contributed by atoms with Crippen molar-refractivity contribution in [1.82, 2.24) is 25.1 Å². The molecule has 3 fully saturated rings. The van der Waals surface area contributed by atoms with Gasteiger partial charge < -0.3 is 9.64 Å². The summed E-state index contributed by atoms with van der Waals surface area (Å²) in [5, 5.41) is 12.2. The van der Waals surface area contributed by atoms with Crippen LogP contribution in [0.1, 0.15) is 54.8 Å². The number of morpholine rings is 1. The predicted molar refractivity (Wildman–Crippen MR) is 175 cm³/mol. The molecule has 1 amide bonds. The number of hydrogen-bond donors (Lipinski definition) is 0. The number of rotatable bonds is 11. The van der Waals surface area contributed by atoms with Crippen molar-refractivity contribution in [2.75, 3.05) is 10.8 Å². The summed E-state index contributed by atoms with van der Waals surface area (Å²) in [7, 11) is -2.23. The van der Waals surface area contributed by atoms with E-state index < -0.39 is 45.4 Å². The molecule has 0 N–H and O–H groups in total. The molecule has 4 aromatic rings. The molecule has 0 bridgehead atoms. The Morgan fingerprint density at radius 1 is 0.979 bits per heavy atom. The molecule has 3 aliphatic rings. The van der Waals surface area contributed by atoms with Gasteiger partial charge in [0, 0.05) is 23.5 Å². The van der Waals surface area contributed by atoms with Gasteiger partial charge in [0.2, 0.25) is 10.0 Å². The second-order valence-electron chi connectivity index (χ2n) is 12.4. The number of para-hydroxylation sites is 1. The molecule has 2 saturated carbocycles. The van der Waals surface area contributed by atoms with Crippen LogP contribution < -0.4 is 4.31 Å². The summed E-state index contributed by atoms with van der Waals surface area (Å²) in [6.07, 6.45) is 0.968. The second kappa shape index (κ2) is 12.8. The molecule has 7 rings (SSSR count). The summed E-state index contributed by atoms with van der Waals surface area (Å²) in [5.41, 5.74) is 1.46. The largest absolute Gasteiger partial charge is 0.357 e. The maximum atomic E-state index is 15.4. The third-order valence-electron chi connectivity index (χ3n) is 9.14. The van der Waals surface area contributed by atoms with Gasteiger partial charge in [-0.05, 0) is 89.6 Å². The normalized spacial score (nSPS) is 22.3. The van der Waals surface area contributed by atoms with Crippen LogP contribution in [0.2, 0.25) is 10.0 Å². The number of tetrazole rings is 1. The van der Waals surface area contributed by atoms with E-state index in [1.807, 2.05) is 24.3 Å². The molecule has 1 aromatic heterocycles. The fraction of sp³-hybridized carbons (Fsp3) is 0.394. The summed E-state index contributed by atoms with van der Waals surface area (Å²) in [6.45, 7) is -0.110. The first-order valence-corrected chi connectivity index (χ1v) is 17.8. The molecule has 1 saturated heterocycles. The van der Waals surface area contributed by atoms with Gasteiger partial charge in [0.05, 0.1) is 29.6 Å². The molecule has 10 nitrogen and oxygen atoms in total. The third kappa shape index (κ3) is 6.48. The van der Waals surface area contributed by atoms with E-state index in [0.29, 0.717) is 28.7 Å². The van der Waals surface area contributed by atoms with Gasteiger partial charge >= 0.3 is 0 Å². The van der Waals surface area contributed by atoms with E-state index in [2.05, 4.69) is 15.5 Å². The van der Waals surface area contributed by atoms with Crippen molar-refractivity contribution in [2.45, 2.75) is 61.6 Å². The van der Waals surface area contributed by atoms with E-state index >= 15 is 4.39 Å². The molecule has 47 heavy (non-hydrogen) atoms. The number of carbonyl (C=O) groups is 1. The molecule has 14 heteroatoms. The Balaban J connectivity index is 1.38. The van der Waals surface area contributed by atoms with E-state index in [1.165, 1.54) is 27.2 Å². The van der Waals surface area contributed by atoms with Crippen LogP contribution in [0.3, 0.4) is 0 Å². The lowest BCUT2D eigenvalue weighted by Crippen LogP contribution is -2.59. The Morgan fingerprint density at radius 2 is 1.72 bits per heavy atom. The molecule has 4 atom stereocenters. The van der Waals surface area contributed by atoms with E-state index in [1.54, 1.807) is 42.3 Å². The number of ether oxygens (including phenoxy) is 1. The fourth-order valence-corrected chi connectivity index (χ4v) is 8.64.